The topological polar surface area (TPSA) is 52.2 Å². The number of nitrogens with one attached hydrogen (secondary N) is 1. The van der Waals surface area contributed by atoms with Crippen molar-refractivity contribution in [2.45, 2.75) is 4.90 Å². The first kappa shape index (κ1) is 10.9. The fraction of sp³-hybridized carbons (Fsp3) is 0.125. The second-order valence-corrected chi connectivity index (χ2v) is 3.51. The normalized spacial score (nSPS) is 14.0. The molecule has 1 aliphatic rings. The molecule has 0 fully saturated rings. The van der Waals surface area contributed by atoms with E-state index in [1.54, 1.807) is 12.1 Å². The number of amides is 1. The molecule has 1 aromatic carbocycles. The zero-order valence-electron chi connectivity index (χ0n) is 7.16. The van der Waals surface area contributed by atoms with Gasteiger partial charge in [0.15, 0.2) is 0 Å². The molecule has 0 bridgehead atoms. The molecule has 1 aliphatic heterocycles. The van der Waals surface area contributed by atoms with Gasteiger partial charge in [-0.3, -0.25) is 4.79 Å². The Kier molecular flexibility index (Phi) is 3.67. The molecular weight excluding hydrogens is 197 g/mol. The Hall–Kier alpha value is -0.160. The van der Waals surface area contributed by atoms with Gasteiger partial charge in [-0.25, -0.2) is 0 Å². The van der Waals surface area contributed by atoms with Crippen molar-refractivity contribution in [1.82, 2.24) is 0 Å². The van der Waals surface area contributed by atoms with Crippen molar-refractivity contribution >= 4 is 23.4 Å². The Morgan fingerprint density at radius 2 is 2.23 bits per heavy atom. The van der Waals surface area contributed by atoms with Gasteiger partial charge in [0, 0.05) is 4.90 Å². The first-order chi connectivity index (χ1) is 5.75. The van der Waals surface area contributed by atoms with Gasteiger partial charge in [-0.15, -0.1) is 17.5 Å². The van der Waals surface area contributed by atoms with Crippen LogP contribution in [0.15, 0.2) is 23.1 Å². The molecule has 2 rings (SSSR count). The van der Waals surface area contributed by atoms with Crippen LogP contribution in [-0.2, 0) is 4.79 Å². The third kappa shape index (κ3) is 2.40. The second-order valence-electron chi connectivity index (χ2n) is 2.49. The van der Waals surface area contributed by atoms with Crippen LogP contribution < -0.4 is 40.0 Å². The maximum Gasteiger partial charge on any atom is 1.00 e. The van der Waals surface area contributed by atoms with Crippen LogP contribution in [0.5, 0.6) is 5.75 Å². The van der Waals surface area contributed by atoms with E-state index < -0.39 is 0 Å². The molecule has 0 unspecified atom stereocenters. The first-order valence-corrected chi connectivity index (χ1v) is 4.48. The van der Waals surface area contributed by atoms with Crippen molar-refractivity contribution in [2.24, 2.45) is 0 Å². The molecule has 0 saturated carbocycles. The number of fused-ring (bicyclic) bond motifs is 1. The third-order valence-electron chi connectivity index (χ3n) is 1.59. The van der Waals surface area contributed by atoms with Gasteiger partial charge < -0.3 is 10.4 Å². The molecular formula is C8H6NNaO2S. The molecule has 1 amide bonds. The summed E-state index contributed by atoms with van der Waals surface area (Å²) in [6, 6.07) is 4.63. The SMILES string of the molecule is O=C1CSc2cc([O-])ccc2N1.[Na+]. The van der Waals surface area contributed by atoms with Gasteiger partial charge >= 0.3 is 29.6 Å². The van der Waals surface area contributed by atoms with Gasteiger partial charge in [0.25, 0.3) is 0 Å². The number of carbonyl (C=O) groups is 1. The molecule has 0 aliphatic carbocycles. The summed E-state index contributed by atoms with van der Waals surface area (Å²) in [7, 11) is 0. The van der Waals surface area contributed by atoms with Crippen LogP contribution >= 0.6 is 11.8 Å². The first-order valence-electron chi connectivity index (χ1n) is 3.49. The Morgan fingerprint density at radius 1 is 1.46 bits per heavy atom. The van der Waals surface area contributed by atoms with E-state index in [0.29, 0.717) is 5.75 Å². The summed E-state index contributed by atoms with van der Waals surface area (Å²) in [6.45, 7) is 0. The Bertz CT molecular complexity index is 343. The number of thioether (sulfide) groups is 1. The van der Waals surface area contributed by atoms with Gasteiger partial charge in [0.1, 0.15) is 0 Å². The molecule has 1 aromatic rings. The van der Waals surface area contributed by atoms with Crippen LogP contribution in [0.2, 0.25) is 0 Å². The Morgan fingerprint density at radius 3 is 3.00 bits per heavy atom. The van der Waals surface area contributed by atoms with E-state index >= 15 is 0 Å². The van der Waals surface area contributed by atoms with Crippen LogP contribution in [0.4, 0.5) is 5.69 Å². The van der Waals surface area contributed by atoms with E-state index in [9.17, 15) is 9.90 Å². The average molecular weight is 203 g/mol. The molecule has 0 saturated heterocycles. The number of anilines is 1. The predicted molar refractivity (Wildman–Crippen MR) is 45.2 cm³/mol. The average Bonchev–Trinajstić information content (AvgIpc) is 2.05. The summed E-state index contributed by atoms with van der Waals surface area (Å²) in [5.74, 6) is 0.375. The number of hydrogen-bond acceptors (Lipinski definition) is 3. The third-order valence-corrected chi connectivity index (χ3v) is 2.64. The quantitative estimate of drug-likeness (QED) is 0.487. The second kappa shape index (κ2) is 4.37. The van der Waals surface area contributed by atoms with Crippen molar-refractivity contribution < 1.29 is 39.5 Å². The Labute approximate surface area is 102 Å². The van der Waals surface area contributed by atoms with Crippen molar-refractivity contribution in [1.29, 1.82) is 0 Å². The molecule has 13 heavy (non-hydrogen) atoms. The molecule has 1 N–H and O–H groups in total. The minimum atomic E-state index is -0.0163. The summed E-state index contributed by atoms with van der Waals surface area (Å²) < 4.78 is 0. The minimum absolute atomic E-state index is 0. The molecule has 0 atom stereocenters. The smallest absolute Gasteiger partial charge is 0.872 e. The molecule has 1 heterocycles. The maximum absolute atomic E-state index is 10.9. The summed E-state index contributed by atoms with van der Waals surface area (Å²) in [5, 5.41) is 13.6. The van der Waals surface area contributed by atoms with Crippen molar-refractivity contribution in [3.63, 3.8) is 0 Å². The molecule has 0 aromatic heterocycles. The summed E-state index contributed by atoms with van der Waals surface area (Å²) in [6.07, 6.45) is 0. The van der Waals surface area contributed by atoms with Gasteiger partial charge in [-0.05, 0) is 6.07 Å². The zero-order valence-corrected chi connectivity index (χ0v) is 9.98. The van der Waals surface area contributed by atoms with E-state index in [2.05, 4.69) is 5.32 Å². The van der Waals surface area contributed by atoms with Crippen LogP contribution in [-0.4, -0.2) is 11.7 Å². The van der Waals surface area contributed by atoms with Crippen molar-refractivity contribution in [3.8, 4) is 5.75 Å². The van der Waals surface area contributed by atoms with Crippen LogP contribution in [0.3, 0.4) is 0 Å². The fourth-order valence-electron chi connectivity index (χ4n) is 1.05. The molecule has 62 valence electrons. The summed E-state index contributed by atoms with van der Waals surface area (Å²) in [4.78, 5) is 11.8. The van der Waals surface area contributed by atoms with Crippen LogP contribution in [0.1, 0.15) is 0 Å². The van der Waals surface area contributed by atoms with Gasteiger partial charge in [-0.2, -0.15) is 0 Å². The maximum atomic E-state index is 10.9. The Balaban J connectivity index is 0.000000845. The van der Waals surface area contributed by atoms with Gasteiger partial charge in [-0.1, -0.05) is 12.1 Å². The molecule has 5 heteroatoms. The van der Waals surface area contributed by atoms with E-state index in [1.807, 2.05) is 0 Å². The summed E-state index contributed by atoms with van der Waals surface area (Å²) in [5.41, 5.74) is 0.746. The van der Waals surface area contributed by atoms with E-state index in [0.717, 1.165) is 10.6 Å². The van der Waals surface area contributed by atoms with Crippen molar-refractivity contribution in [3.05, 3.63) is 18.2 Å². The minimum Gasteiger partial charge on any atom is -0.872 e. The van der Waals surface area contributed by atoms with Crippen molar-refractivity contribution in [2.75, 3.05) is 11.1 Å². The summed E-state index contributed by atoms with van der Waals surface area (Å²) >= 11 is 1.40. The molecule has 3 nitrogen and oxygen atoms in total. The van der Waals surface area contributed by atoms with E-state index in [-0.39, 0.29) is 41.2 Å². The van der Waals surface area contributed by atoms with E-state index in [1.165, 1.54) is 17.8 Å². The van der Waals surface area contributed by atoms with Gasteiger partial charge in [0.05, 0.1) is 11.4 Å². The van der Waals surface area contributed by atoms with E-state index in [4.69, 9.17) is 0 Å². The monoisotopic (exact) mass is 203 g/mol. The number of benzene rings is 1. The van der Waals surface area contributed by atoms with Gasteiger partial charge in [0.2, 0.25) is 5.91 Å². The number of rotatable bonds is 0. The zero-order chi connectivity index (χ0) is 8.55. The number of hydrogen-bond donors (Lipinski definition) is 1. The van der Waals surface area contributed by atoms with Crippen LogP contribution in [0, 0.1) is 0 Å². The predicted octanol–water partition coefficient (Wildman–Crippen LogP) is -2.19. The number of carbonyl (C=O) groups excluding carboxylic acids is 1. The standard InChI is InChI=1S/C8H7NO2S.Na/c10-5-1-2-6-7(3-5)12-4-8(11)9-6;/h1-3,10H,4H2,(H,9,11);/q;+1/p-1. The fourth-order valence-corrected chi connectivity index (χ4v) is 1.89. The largest absolute Gasteiger partial charge is 1.00 e. The molecule has 0 radical (unpaired) electrons. The van der Waals surface area contributed by atoms with Crippen LogP contribution in [0.25, 0.3) is 0 Å². The molecule has 0 spiro atoms.